The smallest absolute Gasteiger partial charge is 0.256 e. The lowest BCUT2D eigenvalue weighted by molar-refractivity contribution is -0.0106. The first-order chi connectivity index (χ1) is 11.2. The van der Waals surface area contributed by atoms with Gasteiger partial charge < -0.3 is 18.8 Å². The maximum atomic E-state index is 12.8. The van der Waals surface area contributed by atoms with E-state index in [0.717, 1.165) is 0 Å². The zero-order valence-electron chi connectivity index (χ0n) is 13.1. The number of nitrogens with zero attached hydrogens (tertiary/aromatic N) is 4. The predicted molar refractivity (Wildman–Crippen MR) is 79.0 cm³/mol. The van der Waals surface area contributed by atoms with Gasteiger partial charge in [-0.1, -0.05) is 0 Å². The molecule has 3 rings (SSSR count). The van der Waals surface area contributed by atoms with E-state index in [1.54, 1.807) is 24.0 Å². The number of morpholine rings is 1. The van der Waals surface area contributed by atoms with Crippen LogP contribution in [0.3, 0.4) is 0 Å². The number of pyridine rings is 1. The molecule has 2 aromatic rings. The van der Waals surface area contributed by atoms with Crippen molar-refractivity contribution in [3.63, 3.8) is 0 Å². The Labute approximate surface area is 133 Å². The summed E-state index contributed by atoms with van der Waals surface area (Å²) >= 11 is 0. The van der Waals surface area contributed by atoms with E-state index in [4.69, 9.17) is 13.9 Å². The summed E-state index contributed by atoms with van der Waals surface area (Å²) in [5, 5.41) is 7.83. The van der Waals surface area contributed by atoms with E-state index < -0.39 is 0 Å². The Hall–Kier alpha value is -2.48. The number of carbonyl (C=O) groups is 1. The summed E-state index contributed by atoms with van der Waals surface area (Å²) in [5.74, 6) is 1.19. The van der Waals surface area contributed by atoms with Gasteiger partial charge in [-0.3, -0.25) is 4.79 Å². The van der Waals surface area contributed by atoms with E-state index in [2.05, 4.69) is 15.2 Å². The van der Waals surface area contributed by atoms with Crippen molar-refractivity contribution in [2.75, 3.05) is 26.4 Å². The fourth-order valence-electron chi connectivity index (χ4n) is 2.40. The molecule has 0 aromatic carbocycles. The second-order valence-corrected chi connectivity index (χ2v) is 5.07. The molecule has 8 nitrogen and oxygen atoms in total. The zero-order valence-corrected chi connectivity index (χ0v) is 13.1. The van der Waals surface area contributed by atoms with Crippen LogP contribution in [0.2, 0.25) is 0 Å². The molecule has 0 N–H and O–H groups in total. The molecular formula is C15H18N4O4. The van der Waals surface area contributed by atoms with Gasteiger partial charge in [-0.2, -0.15) is 0 Å². The van der Waals surface area contributed by atoms with Gasteiger partial charge in [0.25, 0.3) is 5.91 Å². The first kappa shape index (κ1) is 15.4. The molecule has 0 bridgehead atoms. The van der Waals surface area contributed by atoms with Crippen molar-refractivity contribution in [2.24, 2.45) is 0 Å². The lowest BCUT2D eigenvalue weighted by Crippen LogP contribution is -2.43. The molecule has 0 aliphatic carbocycles. The summed E-state index contributed by atoms with van der Waals surface area (Å²) in [6.07, 6.45) is 1.51. The zero-order chi connectivity index (χ0) is 16.2. The number of hydrogen-bond acceptors (Lipinski definition) is 7. The summed E-state index contributed by atoms with van der Waals surface area (Å²) in [5.41, 5.74) is 0.483. The maximum absolute atomic E-state index is 12.8. The van der Waals surface area contributed by atoms with Crippen LogP contribution in [0.15, 0.2) is 22.7 Å². The molecule has 8 heteroatoms. The van der Waals surface area contributed by atoms with Crippen LogP contribution < -0.4 is 4.74 Å². The van der Waals surface area contributed by atoms with Crippen LogP contribution >= 0.6 is 0 Å². The van der Waals surface area contributed by atoms with Crippen LogP contribution in [0, 0.1) is 6.92 Å². The van der Waals surface area contributed by atoms with Gasteiger partial charge in [0.1, 0.15) is 6.04 Å². The van der Waals surface area contributed by atoms with Gasteiger partial charge in [-0.25, -0.2) is 4.98 Å². The Bertz CT molecular complexity index is 670. The second kappa shape index (κ2) is 6.74. The van der Waals surface area contributed by atoms with Crippen LogP contribution in [-0.4, -0.2) is 52.4 Å². The summed E-state index contributed by atoms with van der Waals surface area (Å²) in [7, 11) is 0. The Kier molecular flexibility index (Phi) is 4.52. The molecule has 23 heavy (non-hydrogen) atoms. The van der Waals surface area contributed by atoms with E-state index in [1.165, 1.54) is 6.20 Å². The largest absolute Gasteiger partial charge is 0.478 e. The van der Waals surface area contributed by atoms with Gasteiger partial charge in [0.15, 0.2) is 0 Å². The normalized spacial score (nSPS) is 18.0. The highest BCUT2D eigenvalue weighted by Crippen LogP contribution is 2.25. The highest BCUT2D eigenvalue weighted by molar-refractivity contribution is 5.94. The van der Waals surface area contributed by atoms with Crippen LogP contribution in [0.25, 0.3) is 0 Å². The van der Waals surface area contributed by atoms with Crippen LogP contribution in [-0.2, 0) is 4.74 Å². The number of carbonyl (C=O) groups excluding carboxylic acids is 1. The van der Waals surface area contributed by atoms with Gasteiger partial charge in [-0.05, 0) is 13.0 Å². The number of ether oxygens (including phenoxy) is 2. The molecule has 1 fully saturated rings. The fraction of sp³-hybridized carbons (Fsp3) is 0.467. The number of aromatic nitrogens is 3. The molecule has 0 spiro atoms. The Morgan fingerprint density at radius 1 is 1.43 bits per heavy atom. The number of rotatable bonds is 4. The SMILES string of the molecule is CCOc1ccc(C(=O)N2CCOCC2c2nnc(C)o2)cn1. The van der Waals surface area contributed by atoms with Crippen LogP contribution in [0.5, 0.6) is 5.88 Å². The molecule has 1 aliphatic rings. The average Bonchev–Trinajstić information content (AvgIpc) is 3.02. The Morgan fingerprint density at radius 2 is 2.30 bits per heavy atom. The van der Waals surface area contributed by atoms with Crippen molar-refractivity contribution < 1.29 is 18.7 Å². The monoisotopic (exact) mass is 318 g/mol. The molecule has 0 saturated carbocycles. The van der Waals surface area contributed by atoms with Crippen molar-refractivity contribution in [1.29, 1.82) is 0 Å². The third kappa shape index (κ3) is 3.31. The first-order valence-corrected chi connectivity index (χ1v) is 7.46. The Morgan fingerprint density at radius 3 is 2.96 bits per heavy atom. The second-order valence-electron chi connectivity index (χ2n) is 5.07. The third-order valence-corrected chi connectivity index (χ3v) is 3.49. The summed E-state index contributed by atoms with van der Waals surface area (Å²) in [4.78, 5) is 18.6. The molecule has 122 valence electrons. The number of amides is 1. The lowest BCUT2D eigenvalue weighted by Gasteiger charge is -2.33. The maximum Gasteiger partial charge on any atom is 0.256 e. The quantitative estimate of drug-likeness (QED) is 0.841. The number of aryl methyl sites for hydroxylation is 1. The van der Waals surface area contributed by atoms with Gasteiger partial charge in [-0.15, -0.1) is 10.2 Å². The minimum absolute atomic E-state index is 0.148. The van der Waals surface area contributed by atoms with E-state index in [0.29, 0.717) is 49.6 Å². The first-order valence-electron chi connectivity index (χ1n) is 7.46. The fourth-order valence-corrected chi connectivity index (χ4v) is 2.40. The molecule has 1 aliphatic heterocycles. The van der Waals surface area contributed by atoms with E-state index in [9.17, 15) is 4.79 Å². The number of hydrogen-bond donors (Lipinski definition) is 0. The average molecular weight is 318 g/mol. The van der Waals surface area contributed by atoms with Gasteiger partial charge in [0.2, 0.25) is 17.7 Å². The highest BCUT2D eigenvalue weighted by Gasteiger charge is 2.33. The minimum Gasteiger partial charge on any atom is -0.478 e. The van der Waals surface area contributed by atoms with Gasteiger partial charge >= 0.3 is 0 Å². The Balaban J connectivity index is 1.80. The molecule has 2 aromatic heterocycles. The van der Waals surface area contributed by atoms with E-state index >= 15 is 0 Å². The van der Waals surface area contributed by atoms with Gasteiger partial charge in [0.05, 0.1) is 25.4 Å². The predicted octanol–water partition coefficient (Wildman–Crippen LogP) is 1.39. The lowest BCUT2D eigenvalue weighted by atomic mass is 10.1. The van der Waals surface area contributed by atoms with Gasteiger partial charge in [0, 0.05) is 25.7 Å². The van der Waals surface area contributed by atoms with Crippen molar-refractivity contribution in [3.05, 3.63) is 35.7 Å². The summed E-state index contributed by atoms with van der Waals surface area (Å²) in [6.45, 7) is 5.38. The van der Waals surface area contributed by atoms with Crippen molar-refractivity contribution in [1.82, 2.24) is 20.1 Å². The topological polar surface area (TPSA) is 90.6 Å². The molecule has 1 saturated heterocycles. The summed E-state index contributed by atoms with van der Waals surface area (Å²) in [6, 6.07) is 3.00. The van der Waals surface area contributed by atoms with Crippen molar-refractivity contribution >= 4 is 5.91 Å². The summed E-state index contributed by atoms with van der Waals surface area (Å²) < 4.78 is 16.2. The van der Waals surface area contributed by atoms with Crippen molar-refractivity contribution in [3.8, 4) is 5.88 Å². The molecule has 3 heterocycles. The van der Waals surface area contributed by atoms with Crippen LogP contribution in [0.4, 0.5) is 0 Å². The van der Waals surface area contributed by atoms with E-state index in [-0.39, 0.29) is 11.9 Å². The van der Waals surface area contributed by atoms with Crippen LogP contribution in [0.1, 0.15) is 35.1 Å². The molecule has 1 amide bonds. The third-order valence-electron chi connectivity index (χ3n) is 3.49. The van der Waals surface area contributed by atoms with Crippen molar-refractivity contribution in [2.45, 2.75) is 19.9 Å². The minimum atomic E-state index is -0.385. The molecule has 1 atom stereocenters. The molecule has 0 radical (unpaired) electrons. The van der Waals surface area contributed by atoms with E-state index in [1.807, 2.05) is 6.92 Å². The highest BCUT2D eigenvalue weighted by atomic mass is 16.5. The standard InChI is InChI=1S/C15H18N4O4/c1-3-22-13-5-4-11(8-16-13)15(20)19-6-7-21-9-12(19)14-18-17-10(2)23-14/h4-5,8,12H,3,6-7,9H2,1-2H3. The molecular weight excluding hydrogens is 300 g/mol. The molecule has 1 unspecified atom stereocenters.